The predicted octanol–water partition coefficient (Wildman–Crippen LogP) is 21.7. The molecule has 0 N–H and O–H groups in total. The van der Waals surface area contributed by atoms with Crippen LogP contribution in [0.4, 0.5) is 0 Å². The molecule has 0 saturated heterocycles. The summed E-state index contributed by atoms with van der Waals surface area (Å²) >= 11 is 0. The van der Waals surface area contributed by atoms with E-state index in [1.807, 2.05) is 0 Å². The Balaban J connectivity index is 4.33. The molecule has 1 unspecified atom stereocenters. The number of ether oxygens (including phenoxy) is 3. The van der Waals surface area contributed by atoms with E-state index >= 15 is 0 Å². The molecule has 428 valence electrons. The molecule has 0 aromatic heterocycles. The number of carbonyl (C=O) groups is 3. The number of rotatable bonds is 58. The van der Waals surface area contributed by atoms with Gasteiger partial charge in [-0.25, -0.2) is 0 Å². The standard InChI is InChI=1S/C68H120O6/c1-4-7-10-13-16-19-22-25-27-29-31-33-34-36-37-39-41-43-46-49-52-55-58-61-67(70)73-64-65(63-72-66(69)60-57-54-51-48-45-24-21-18-15-12-9-6-3)74-68(71)62-59-56-53-50-47-44-42-40-38-35-32-30-28-26-23-20-17-14-11-8-5-2/h8,11,17,20,26,28-29,31-32,35,40,42,65H,4-7,9-10,12-16,18-19,21-25,27,30,33-34,36-39,41,43-64H2,1-3H3/b11-8-,20-17-,28-26-,31-29-,35-32-,42-40-. The minimum atomic E-state index is -0.785. The SMILES string of the molecule is CC/C=C\C/C=C\C/C=C\C/C=C\C/C=C\CCCCCCCC(=O)OC(COC(=O)CCCCCCCCCCCCCC)COC(=O)CCCCCCCCCCCCC/C=C\CCCCCCCCCC. The van der Waals surface area contributed by atoms with Gasteiger partial charge in [-0.3, -0.25) is 14.4 Å². The highest BCUT2D eigenvalue weighted by Crippen LogP contribution is 2.17. The number of allylic oxidation sites excluding steroid dienone is 12. The third-order valence-electron chi connectivity index (χ3n) is 13.9. The summed E-state index contributed by atoms with van der Waals surface area (Å²) in [6.07, 6.45) is 80.5. The van der Waals surface area contributed by atoms with Gasteiger partial charge in [0.1, 0.15) is 13.2 Å². The molecular weight excluding hydrogens is 913 g/mol. The van der Waals surface area contributed by atoms with Gasteiger partial charge in [-0.2, -0.15) is 0 Å². The van der Waals surface area contributed by atoms with E-state index < -0.39 is 6.10 Å². The van der Waals surface area contributed by atoms with Crippen LogP contribution >= 0.6 is 0 Å². The Morgan fingerprint density at radius 2 is 0.527 bits per heavy atom. The number of hydrogen-bond acceptors (Lipinski definition) is 6. The molecule has 0 rings (SSSR count). The number of unbranched alkanes of at least 4 members (excludes halogenated alkanes) is 35. The van der Waals surface area contributed by atoms with Crippen LogP contribution in [-0.2, 0) is 28.6 Å². The molecule has 0 heterocycles. The average molecular weight is 1030 g/mol. The Labute approximate surface area is 459 Å². The summed E-state index contributed by atoms with van der Waals surface area (Å²) in [5.74, 6) is -0.886. The Bertz CT molecular complexity index is 1370. The van der Waals surface area contributed by atoms with Crippen LogP contribution in [0.2, 0.25) is 0 Å². The van der Waals surface area contributed by atoms with Gasteiger partial charge in [0.25, 0.3) is 0 Å². The van der Waals surface area contributed by atoms with Crippen molar-refractivity contribution in [1.29, 1.82) is 0 Å². The largest absolute Gasteiger partial charge is 0.462 e. The van der Waals surface area contributed by atoms with E-state index in [0.29, 0.717) is 19.3 Å². The topological polar surface area (TPSA) is 78.9 Å². The van der Waals surface area contributed by atoms with Gasteiger partial charge in [-0.15, -0.1) is 0 Å². The molecule has 0 aromatic rings. The minimum Gasteiger partial charge on any atom is -0.462 e. The zero-order chi connectivity index (χ0) is 53.6. The fraction of sp³-hybridized carbons (Fsp3) is 0.779. The zero-order valence-electron chi connectivity index (χ0n) is 49.1. The maximum atomic E-state index is 12.9. The van der Waals surface area contributed by atoms with Crippen molar-refractivity contribution in [2.75, 3.05) is 13.2 Å². The van der Waals surface area contributed by atoms with E-state index in [1.165, 1.54) is 173 Å². The molecule has 0 aliphatic carbocycles. The van der Waals surface area contributed by atoms with Crippen LogP contribution < -0.4 is 0 Å². The lowest BCUT2D eigenvalue weighted by Crippen LogP contribution is -2.30. The molecule has 0 amide bonds. The van der Waals surface area contributed by atoms with Crippen molar-refractivity contribution >= 4 is 17.9 Å². The van der Waals surface area contributed by atoms with E-state index in [2.05, 4.69) is 93.7 Å². The van der Waals surface area contributed by atoms with Gasteiger partial charge in [0, 0.05) is 19.3 Å². The van der Waals surface area contributed by atoms with Gasteiger partial charge in [-0.05, 0) is 89.9 Å². The molecule has 0 aromatic carbocycles. The van der Waals surface area contributed by atoms with Crippen molar-refractivity contribution in [3.8, 4) is 0 Å². The minimum absolute atomic E-state index is 0.0807. The van der Waals surface area contributed by atoms with E-state index in [9.17, 15) is 14.4 Å². The molecule has 0 saturated carbocycles. The van der Waals surface area contributed by atoms with E-state index in [4.69, 9.17) is 14.2 Å². The lowest BCUT2D eigenvalue weighted by atomic mass is 10.0. The summed E-state index contributed by atoms with van der Waals surface area (Å²) in [6, 6.07) is 0. The number of esters is 3. The zero-order valence-corrected chi connectivity index (χ0v) is 49.1. The molecule has 74 heavy (non-hydrogen) atoms. The first-order valence-corrected chi connectivity index (χ1v) is 31.9. The fourth-order valence-electron chi connectivity index (χ4n) is 9.17. The normalized spacial score (nSPS) is 12.5. The Morgan fingerprint density at radius 1 is 0.284 bits per heavy atom. The van der Waals surface area contributed by atoms with Gasteiger partial charge in [0.2, 0.25) is 0 Å². The van der Waals surface area contributed by atoms with Crippen LogP contribution in [0.3, 0.4) is 0 Å². The van der Waals surface area contributed by atoms with Crippen molar-refractivity contribution in [2.45, 2.75) is 329 Å². The molecule has 0 fully saturated rings. The van der Waals surface area contributed by atoms with Crippen LogP contribution in [-0.4, -0.2) is 37.2 Å². The van der Waals surface area contributed by atoms with Gasteiger partial charge < -0.3 is 14.2 Å². The summed E-state index contributed by atoms with van der Waals surface area (Å²) < 4.78 is 16.9. The van der Waals surface area contributed by atoms with Crippen molar-refractivity contribution in [3.05, 3.63) is 72.9 Å². The highest BCUT2D eigenvalue weighted by Gasteiger charge is 2.19. The van der Waals surface area contributed by atoms with Crippen LogP contribution in [0.15, 0.2) is 72.9 Å². The molecule has 0 aliphatic rings. The summed E-state index contributed by atoms with van der Waals surface area (Å²) in [7, 11) is 0. The second-order valence-electron chi connectivity index (χ2n) is 21.3. The lowest BCUT2D eigenvalue weighted by molar-refractivity contribution is -0.167. The molecule has 6 nitrogen and oxygen atoms in total. The van der Waals surface area contributed by atoms with Crippen molar-refractivity contribution in [3.63, 3.8) is 0 Å². The van der Waals surface area contributed by atoms with Crippen LogP contribution in [0, 0.1) is 0 Å². The quantitative estimate of drug-likeness (QED) is 0.0261. The molecule has 0 bridgehead atoms. The van der Waals surface area contributed by atoms with Gasteiger partial charge >= 0.3 is 17.9 Å². The first kappa shape index (κ1) is 70.8. The highest BCUT2D eigenvalue weighted by atomic mass is 16.6. The van der Waals surface area contributed by atoms with Gasteiger partial charge in [0.15, 0.2) is 6.10 Å². The number of hydrogen-bond donors (Lipinski definition) is 0. The smallest absolute Gasteiger partial charge is 0.306 e. The van der Waals surface area contributed by atoms with Crippen molar-refractivity contribution < 1.29 is 28.6 Å². The second kappa shape index (κ2) is 62.4. The molecule has 0 aliphatic heterocycles. The fourth-order valence-corrected chi connectivity index (χ4v) is 9.17. The molecule has 6 heteroatoms. The molecule has 1 atom stereocenters. The van der Waals surface area contributed by atoms with Crippen LogP contribution in [0.5, 0.6) is 0 Å². The van der Waals surface area contributed by atoms with E-state index in [-0.39, 0.29) is 31.1 Å². The summed E-state index contributed by atoms with van der Waals surface area (Å²) in [5.41, 5.74) is 0. The highest BCUT2D eigenvalue weighted by molar-refractivity contribution is 5.71. The summed E-state index contributed by atoms with van der Waals surface area (Å²) in [6.45, 7) is 6.54. The maximum absolute atomic E-state index is 12.9. The van der Waals surface area contributed by atoms with E-state index in [0.717, 1.165) is 109 Å². The Kier molecular flexibility index (Phi) is 59.7. The first-order chi connectivity index (χ1) is 36.5. The molecule has 0 radical (unpaired) electrons. The van der Waals surface area contributed by atoms with Crippen LogP contribution in [0.25, 0.3) is 0 Å². The first-order valence-electron chi connectivity index (χ1n) is 31.9. The maximum Gasteiger partial charge on any atom is 0.306 e. The summed E-state index contributed by atoms with van der Waals surface area (Å²) in [4.78, 5) is 38.3. The molecular formula is C68H120O6. The second-order valence-corrected chi connectivity index (χ2v) is 21.3. The monoisotopic (exact) mass is 1030 g/mol. The van der Waals surface area contributed by atoms with Crippen molar-refractivity contribution in [1.82, 2.24) is 0 Å². The van der Waals surface area contributed by atoms with Crippen LogP contribution in [0.1, 0.15) is 323 Å². The number of carbonyl (C=O) groups excluding carboxylic acids is 3. The Morgan fingerprint density at radius 3 is 0.838 bits per heavy atom. The third-order valence-corrected chi connectivity index (χ3v) is 13.9. The summed E-state index contributed by atoms with van der Waals surface area (Å²) in [5, 5.41) is 0. The van der Waals surface area contributed by atoms with Gasteiger partial charge in [0.05, 0.1) is 0 Å². The Hall–Kier alpha value is -3.15. The lowest BCUT2D eigenvalue weighted by Gasteiger charge is -2.18. The molecule has 0 spiro atoms. The van der Waals surface area contributed by atoms with Crippen molar-refractivity contribution in [2.24, 2.45) is 0 Å². The van der Waals surface area contributed by atoms with E-state index in [1.54, 1.807) is 0 Å². The third kappa shape index (κ3) is 59.7. The average Bonchev–Trinajstić information content (AvgIpc) is 3.40. The van der Waals surface area contributed by atoms with Gasteiger partial charge in [-0.1, -0.05) is 286 Å². The predicted molar refractivity (Wildman–Crippen MR) is 321 cm³/mol.